The standard InChI is InChI=1S/C17H18ClN3O2/c1-3-11(2)21-16(6-7-19-21)20-17(22)13-8-12-9-14(18)4-5-15(12)23-10-13/h4-9,11H,3,10H2,1-2H3,(H,20,22). The average molecular weight is 332 g/mol. The van der Waals surface area contributed by atoms with Crippen LogP contribution in [0.5, 0.6) is 5.75 Å². The zero-order valence-corrected chi connectivity index (χ0v) is 13.8. The number of anilines is 1. The number of nitrogens with one attached hydrogen (secondary N) is 1. The van der Waals surface area contributed by atoms with Crippen molar-refractivity contribution in [2.75, 3.05) is 11.9 Å². The van der Waals surface area contributed by atoms with Gasteiger partial charge in [-0.05, 0) is 37.6 Å². The molecule has 1 aliphatic heterocycles. The van der Waals surface area contributed by atoms with Gasteiger partial charge >= 0.3 is 0 Å². The molecule has 1 aromatic heterocycles. The first kappa shape index (κ1) is 15.6. The van der Waals surface area contributed by atoms with Gasteiger partial charge in [0.2, 0.25) is 0 Å². The third kappa shape index (κ3) is 3.24. The van der Waals surface area contributed by atoms with Gasteiger partial charge in [0.1, 0.15) is 18.2 Å². The van der Waals surface area contributed by atoms with E-state index >= 15 is 0 Å². The van der Waals surface area contributed by atoms with E-state index in [1.54, 1.807) is 30.5 Å². The molecule has 120 valence electrons. The molecule has 1 aromatic carbocycles. The quantitative estimate of drug-likeness (QED) is 0.923. The van der Waals surface area contributed by atoms with Crippen LogP contribution in [0.3, 0.4) is 0 Å². The fourth-order valence-corrected chi connectivity index (χ4v) is 2.59. The van der Waals surface area contributed by atoms with E-state index in [0.717, 1.165) is 17.7 Å². The predicted molar refractivity (Wildman–Crippen MR) is 90.8 cm³/mol. The smallest absolute Gasteiger partial charge is 0.256 e. The zero-order chi connectivity index (χ0) is 16.4. The molecular weight excluding hydrogens is 314 g/mol. The number of fused-ring (bicyclic) bond motifs is 1. The van der Waals surface area contributed by atoms with Crippen molar-refractivity contribution in [2.45, 2.75) is 26.3 Å². The number of carbonyl (C=O) groups is 1. The summed E-state index contributed by atoms with van der Waals surface area (Å²) in [5.74, 6) is 1.22. The van der Waals surface area contributed by atoms with Gasteiger partial charge in [-0.3, -0.25) is 4.79 Å². The number of nitrogens with zero attached hydrogens (tertiary/aromatic N) is 2. The third-order valence-corrected chi connectivity index (χ3v) is 4.13. The van der Waals surface area contributed by atoms with Crippen molar-refractivity contribution in [1.29, 1.82) is 0 Å². The van der Waals surface area contributed by atoms with Gasteiger partial charge in [-0.15, -0.1) is 0 Å². The topological polar surface area (TPSA) is 56.2 Å². The number of hydrogen-bond donors (Lipinski definition) is 1. The van der Waals surface area contributed by atoms with Crippen molar-refractivity contribution in [3.8, 4) is 5.75 Å². The monoisotopic (exact) mass is 331 g/mol. The normalized spacial score (nSPS) is 14.5. The van der Waals surface area contributed by atoms with Crippen LogP contribution in [-0.4, -0.2) is 22.3 Å². The summed E-state index contributed by atoms with van der Waals surface area (Å²) in [6.45, 7) is 4.37. The Kier molecular flexibility index (Phi) is 4.39. The molecule has 0 saturated heterocycles. The maximum absolute atomic E-state index is 12.5. The summed E-state index contributed by atoms with van der Waals surface area (Å²) in [5, 5.41) is 7.78. The molecule has 0 saturated carbocycles. The summed E-state index contributed by atoms with van der Waals surface area (Å²) in [4.78, 5) is 12.5. The number of benzene rings is 1. The maximum Gasteiger partial charge on any atom is 0.256 e. The van der Waals surface area contributed by atoms with E-state index in [-0.39, 0.29) is 18.6 Å². The third-order valence-electron chi connectivity index (χ3n) is 3.90. The van der Waals surface area contributed by atoms with Gasteiger partial charge in [-0.1, -0.05) is 18.5 Å². The molecule has 0 spiro atoms. The first-order valence-electron chi connectivity index (χ1n) is 7.56. The Balaban J connectivity index is 1.81. The minimum absolute atomic E-state index is 0.194. The summed E-state index contributed by atoms with van der Waals surface area (Å²) >= 11 is 5.99. The summed E-state index contributed by atoms with van der Waals surface area (Å²) in [7, 11) is 0. The molecule has 1 atom stereocenters. The highest BCUT2D eigenvalue weighted by atomic mass is 35.5. The first-order chi connectivity index (χ1) is 11.1. The lowest BCUT2D eigenvalue weighted by molar-refractivity contribution is -0.113. The molecule has 0 fully saturated rings. The summed E-state index contributed by atoms with van der Waals surface area (Å²) in [6.07, 6.45) is 4.43. The Morgan fingerprint density at radius 1 is 1.48 bits per heavy atom. The van der Waals surface area contributed by atoms with Gasteiger partial charge in [0.25, 0.3) is 5.91 Å². The molecule has 0 bridgehead atoms. The number of ether oxygens (including phenoxy) is 1. The Hall–Kier alpha value is -2.27. The minimum atomic E-state index is -0.194. The van der Waals surface area contributed by atoms with Crippen LogP contribution >= 0.6 is 11.6 Å². The molecule has 3 rings (SSSR count). The Morgan fingerprint density at radius 3 is 3.09 bits per heavy atom. The molecule has 0 radical (unpaired) electrons. The van der Waals surface area contributed by atoms with Crippen LogP contribution in [-0.2, 0) is 4.79 Å². The van der Waals surface area contributed by atoms with Crippen molar-refractivity contribution >= 4 is 29.4 Å². The molecule has 6 heteroatoms. The molecule has 1 amide bonds. The van der Waals surface area contributed by atoms with Gasteiger partial charge in [-0.2, -0.15) is 5.10 Å². The average Bonchev–Trinajstić information content (AvgIpc) is 3.01. The highest BCUT2D eigenvalue weighted by molar-refractivity contribution is 6.30. The van der Waals surface area contributed by atoms with Gasteiger partial charge in [-0.25, -0.2) is 4.68 Å². The highest BCUT2D eigenvalue weighted by Gasteiger charge is 2.19. The van der Waals surface area contributed by atoms with E-state index < -0.39 is 0 Å². The van der Waals surface area contributed by atoms with Crippen molar-refractivity contribution in [3.05, 3.63) is 46.6 Å². The fraction of sp³-hybridized carbons (Fsp3) is 0.294. The van der Waals surface area contributed by atoms with Crippen LogP contribution < -0.4 is 10.1 Å². The van der Waals surface area contributed by atoms with E-state index in [4.69, 9.17) is 16.3 Å². The first-order valence-corrected chi connectivity index (χ1v) is 7.94. The molecule has 1 N–H and O–H groups in total. The van der Waals surface area contributed by atoms with Gasteiger partial charge < -0.3 is 10.1 Å². The number of rotatable bonds is 4. The molecule has 2 heterocycles. The highest BCUT2D eigenvalue weighted by Crippen LogP contribution is 2.29. The van der Waals surface area contributed by atoms with E-state index in [1.165, 1.54) is 0 Å². The fourth-order valence-electron chi connectivity index (χ4n) is 2.41. The molecule has 5 nitrogen and oxygen atoms in total. The molecular formula is C17H18ClN3O2. The Bertz CT molecular complexity index is 767. The van der Waals surface area contributed by atoms with Crippen molar-refractivity contribution in [2.24, 2.45) is 0 Å². The summed E-state index contributed by atoms with van der Waals surface area (Å²) in [6, 6.07) is 7.37. The van der Waals surface area contributed by atoms with Crippen LogP contribution in [0.2, 0.25) is 5.02 Å². The van der Waals surface area contributed by atoms with E-state index in [1.807, 2.05) is 10.8 Å². The Morgan fingerprint density at radius 2 is 2.30 bits per heavy atom. The number of aromatic nitrogens is 2. The lowest BCUT2D eigenvalue weighted by Gasteiger charge is -2.19. The minimum Gasteiger partial charge on any atom is -0.488 e. The number of amides is 1. The van der Waals surface area contributed by atoms with E-state index in [9.17, 15) is 4.79 Å². The van der Waals surface area contributed by atoms with Crippen molar-refractivity contribution in [1.82, 2.24) is 9.78 Å². The number of halogens is 1. The SMILES string of the molecule is CCC(C)n1nccc1NC(=O)C1=Cc2cc(Cl)ccc2OC1. The van der Waals surface area contributed by atoms with Crippen LogP contribution in [0.15, 0.2) is 36.0 Å². The number of carbonyl (C=O) groups excluding carboxylic acids is 1. The molecule has 23 heavy (non-hydrogen) atoms. The lowest BCUT2D eigenvalue weighted by atomic mass is 10.1. The maximum atomic E-state index is 12.5. The molecule has 2 aromatic rings. The van der Waals surface area contributed by atoms with Gasteiger partial charge in [0.15, 0.2) is 0 Å². The van der Waals surface area contributed by atoms with Gasteiger partial charge in [0, 0.05) is 16.7 Å². The second-order valence-electron chi connectivity index (χ2n) is 5.51. The predicted octanol–water partition coefficient (Wildman–Crippen LogP) is 3.92. The van der Waals surface area contributed by atoms with Crippen molar-refractivity contribution < 1.29 is 9.53 Å². The van der Waals surface area contributed by atoms with E-state index in [0.29, 0.717) is 16.4 Å². The molecule has 1 aliphatic rings. The Labute approximate surface area is 139 Å². The van der Waals surface area contributed by atoms with E-state index in [2.05, 4.69) is 24.3 Å². The van der Waals surface area contributed by atoms with Gasteiger partial charge in [0.05, 0.1) is 17.8 Å². The lowest BCUT2D eigenvalue weighted by Crippen LogP contribution is -2.23. The summed E-state index contributed by atoms with van der Waals surface area (Å²) < 4.78 is 7.43. The van der Waals surface area contributed by atoms with Crippen LogP contribution in [0.4, 0.5) is 5.82 Å². The second-order valence-corrected chi connectivity index (χ2v) is 5.95. The van der Waals surface area contributed by atoms with Crippen LogP contribution in [0.25, 0.3) is 6.08 Å². The zero-order valence-electron chi connectivity index (χ0n) is 13.0. The molecule has 0 aliphatic carbocycles. The van der Waals surface area contributed by atoms with Crippen molar-refractivity contribution in [3.63, 3.8) is 0 Å². The van der Waals surface area contributed by atoms with Crippen LogP contribution in [0, 0.1) is 0 Å². The number of hydrogen-bond acceptors (Lipinski definition) is 3. The summed E-state index contributed by atoms with van der Waals surface area (Å²) in [5.41, 5.74) is 1.36. The van der Waals surface area contributed by atoms with Crippen LogP contribution in [0.1, 0.15) is 31.9 Å². The molecule has 1 unspecified atom stereocenters. The largest absolute Gasteiger partial charge is 0.488 e. The second kappa shape index (κ2) is 6.46.